The molecule has 164 valence electrons. The number of nitrogens with zero attached hydrogens (tertiary/aromatic N) is 4. The summed E-state index contributed by atoms with van der Waals surface area (Å²) in [6.07, 6.45) is 0. The van der Waals surface area contributed by atoms with E-state index in [1.165, 1.54) is 0 Å². The second-order valence-corrected chi connectivity index (χ2v) is 8.09. The molecule has 7 rings (SSSR count). The van der Waals surface area contributed by atoms with Gasteiger partial charge in [-0.1, -0.05) is 36.4 Å². The Labute approximate surface area is 188 Å². The van der Waals surface area contributed by atoms with Gasteiger partial charge in [-0.25, -0.2) is 27.5 Å². The van der Waals surface area contributed by atoms with Crippen molar-refractivity contribution in [3.8, 4) is 0 Å². The van der Waals surface area contributed by atoms with Gasteiger partial charge in [-0.2, -0.15) is 0 Å². The number of hydrogen-bond acceptors (Lipinski definition) is 2. The maximum Gasteiger partial charge on any atom is 0.182 e. The predicted octanol–water partition coefficient (Wildman–Crippen LogP) is 6.71. The van der Waals surface area contributed by atoms with Crippen LogP contribution in [0.15, 0.2) is 72.8 Å². The second-order valence-electron chi connectivity index (χ2n) is 8.09. The fourth-order valence-corrected chi connectivity index (χ4v) is 4.73. The zero-order valence-electron chi connectivity index (χ0n) is 17.2. The SMILES string of the molecule is Fc1cc2nc3c4nc5cc(F)c(F)cc5n4c4ccccc4c4ccccc4n3c2cc1F. The van der Waals surface area contributed by atoms with Crippen LogP contribution in [0.4, 0.5) is 17.6 Å². The lowest BCUT2D eigenvalue weighted by Gasteiger charge is -2.08. The standard InChI is InChI=1S/C26H12F4N4/c27-15-9-19-23(11-17(15)29)33-21-7-3-1-5-13(21)14-6-2-4-8-22(14)34-24-12-18(30)16(28)10-20(24)32-26(34)25(33)31-19/h1-12H. The summed E-state index contributed by atoms with van der Waals surface area (Å²) in [6, 6.07) is 19.2. The minimum Gasteiger partial charge on any atom is -0.289 e. The molecule has 4 nitrogen and oxygen atoms in total. The second kappa shape index (κ2) is 6.54. The average molecular weight is 456 g/mol. The Morgan fingerprint density at radius 3 is 1.29 bits per heavy atom. The first-order chi connectivity index (χ1) is 16.5. The molecule has 0 atom stereocenters. The Morgan fingerprint density at radius 2 is 0.853 bits per heavy atom. The molecule has 0 bridgehead atoms. The molecule has 4 aromatic carbocycles. The maximum atomic E-state index is 14.3. The van der Waals surface area contributed by atoms with Crippen molar-refractivity contribution in [2.24, 2.45) is 0 Å². The highest BCUT2D eigenvalue weighted by molar-refractivity contribution is 6.08. The Balaban J connectivity index is 1.94. The first-order valence-corrected chi connectivity index (χ1v) is 10.5. The van der Waals surface area contributed by atoms with Gasteiger partial charge in [0.25, 0.3) is 0 Å². The Hall–Kier alpha value is -4.46. The maximum absolute atomic E-state index is 14.3. The van der Waals surface area contributed by atoms with E-state index in [4.69, 9.17) is 0 Å². The van der Waals surface area contributed by atoms with Crippen LogP contribution < -0.4 is 0 Å². The molecule has 0 N–H and O–H groups in total. The van der Waals surface area contributed by atoms with Crippen molar-refractivity contribution in [3.63, 3.8) is 0 Å². The lowest BCUT2D eigenvalue weighted by Crippen LogP contribution is -1.94. The smallest absolute Gasteiger partial charge is 0.182 e. The molecule has 0 aliphatic carbocycles. The van der Waals surface area contributed by atoms with Gasteiger partial charge in [-0.3, -0.25) is 8.80 Å². The lowest BCUT2D eigenvalue weighted by molar-refractivity contribution is 0.510. The fraction of sp³-hybridized carbons (Fsp3) is 0. The summed E-state index contributed by atoms with van der Waals surface area (Å²) in [6.45, 7) is 0. The van der Waals surface area contributed by atoms with Crippen molar-refractivity contribution in [2.75, 3.05) is 0 Å². The fourth-order valence-electron chi connectivity index (χ4n) is 4.73. The van der Waals surface area contributed by atoms with Crippen molar-refractivity contribution in [2.45, 2.75) is 0 Å². The van der Waals surface area contributed by atoms with Crippen molar-refractivity contribution >= 4 is 55.2 Å². The monoisotopic (exact) mass is 456 g/mol. The third-order valence-corrected chi connectivity index (χ3v) is 6.17. The van der Waals surface area contributed by atoms with E-state index in [0.29, 0.717) is 33.4 Å². The first kappa shape index (κ1) is 19.0. The minimum absolute atomic E-state index is 0.227. The molecular formula is C26H12F4N4. The molecule has 3 aromatic heterocycles. The van der Waals surface area contributed by atoms with E-state index in [9.17, 15) is 17.6 Å². The summed E-state index contributed by atoms with van der Waals surface area (Å²) in [5.41, 5.74) is 3.10. The molecule has 8 heteroatoms. The Bertz CT molecular complexity index is 1880. The van der Waals surface area contributed by atoms with Crippen LogP contribution >= 0.6 is 0 Å². The van der Waals surface area contributed by atoms with Gasteiger partial charge in [0.1, 0.15) is 0 Å². The molecule has 3 heterocycles. The van der Waals surface area contributed by atoms with Gasteiger partial charge in [-0.15, -0.1) is 0 Å². The summed E-state index contributed by atoms with van der Waals surface area (Å²) in [4.78, 5) is 9.19. The number of fused-ring (bicyclic) bond motifs is 12. The summed E-state index contributed by atoms with van der Waals surface area (Å²) < 4.78 is 60.3. The molecule has 34 heavy (non-hydrogen) atoms. The van der Waals surface area contributed by atoms with E-state index < -0.39 is 23.3 Å². The van der Waals surface area contributed by atoms with Crippen molar-refractivity contribution in [1.82, 2.24) is 18.8 Å². The quantitative estimate of drug-likeness (QED) is 0.238. The molecule has 0 unspecified atom stereocenters. The molecule has 0 spiro atoms. The van der Waals surface area contributed by atoms with Crippen LogP contribution in [0.3, 0.4) is 0 Å². The van der Waals surface area contributed by atoms with Crippen LogP contribution in [0.1, 0.15) is 0 Å². The number of rotatable bonds is 0. The number of benzene rings is 4. The Kier molecular flexibility index (Phi) is 3.66. The zero-order valence-corrected chi connectivity index (χ0v) is 17.2. The zero-order chi connectivity index (χ0) is 23.1. The molecular weight excluding hydrogens is 444 g/mol. The molecule has 7 aromatic rings. The van der Waals surface area contributed by atoms with Gasteiger partial charge >= 0.3 is 0 Å². The molecule has 0 amide bonds. The summed E-state index contributed by atoms with van der Waals surface area (Å²) >= 11 is 0. The predicted molar refractivity (Wildman–Crippen MR) is 123 cm³/mol. The topological polar surface area (TPSA) is 34.6 Å². The number of halogens is 4. The summed E-state index contributed by atoms with van der Waals surface area (Å²) in [5.74, 6) is -4.05. The number of hydrogen-bond donors (Lipinski definition) is 0. The van der Waals surface area contributed by atoms with Gasteiger partial charge < -0.3 is 0 Å². The van der Waals surface area contributed by atoms with E-state index in [2.05, 4.69) is 9.97 Å². The van der Waals surface area contributed by atoms with Gasteiger partial charge in [0.2, 0.25) is 0 Å². The van der Waals surface area contributed by atoms with Crippen LogP contribution in [0, 0.1) is 23.3 Å². The highest BCUT2D eigenvalue weighted by Crippen LogP contribution is 2.32. The molecule has 0 radical (unpaired) electrons. The molecule has 0 aliphatic rings. The van der Waals surface area contributed by atoms with Gasteiger partial charge in [0.05, 0.1) is 33.1 Å². The molecule has 0 fully saturated rings. The van der Waals surface area contributed by atoms with Crippen molar-refractivity contribution in [3.05, 3.63) is 96.1 Å². The van der Waals surface area contributed by atoms with Gasteiger partial charge in [-0.05, 0) is 12.1 Å². The first-order valence-electron chi connectivity index (χ1n) is 10.5. The van der Waals surface area contributed by atoms with E-state index >= 15 is 0 Å². The number of para-hydroxylation sites is 2. The molecule has 0 saturated carbocycles. The van der Waals surface area contributed by atoms with Crippen molar-refractivity contribution < 1.29 is 17.6 Å². The average Bonchev–Trinajstić information content (AvgIpc) is 3.36. The van der Waals surface area contributed by atoms with Gasteiger partial charge in [0.15, 0.2) is 34.6 Å². The number of aromatic nitrogens is 4. The summed E-state index contributed by atoms with van der Waals surface area (Å²) in [5, 5.41) is 1.61. The molecule has 0 aliphatic heterocycles. The van der Waals surface area contributed by atoms with Crippen LogP contribution in [-0.2, 0) is 0 Å². The number of imidazole rings is 2. The van der Waals surface area contributed by atoms with E-state index in [1.807, 2.05) is 48.5 Å². The van der Waals surface area contributed by atoms with Crippen LogP contribution in [0.25, 0.3) is 55.2 Å². The van der Waals surface area contributed by atoms with Crippen molar-refractivity contribution in [1.29, 1.82) is 0 Å². The van der Waals surface area contributed by atoms with Crippen LogP contribution in [0.5, 0.6) is 0 Å². The normalized spacial score (nSPS) is 12.1. The van der Waals surface area contributed by atoms with Crippen LogP contribution in [-0.4, -0.2) is 18.8 Å². The van der Waals surface area contributed by atoms with E-state index in [1.54, 1.807) is 8.80 Å². The third-order valence-electron chi connectivity index (χ3n) is 6.17. The third kappa shape index (κ3) is 2.42. The lowest BCUT2D eigenvalue weighted by atomic mass is 10.1. The molecule has 0 saturated heterocycles. The minimum atomic E-state index is -1.02. The Morgan fingerprint density at radius 1 is 0.471 bits per heavy atom. The summed E-state index contributed by atoms with van der Waals surface area (Å²) in [7, 11) is 0. The van der Waals surface area contributed by atoms with Gasteiger partial charge in [0, 0.05) is 35.0 Å². The van der Waals surface area contributed by atoms with E-state index in [-0.39, 0.29) is 11.0 Å². The highest BCUT2D eigenvalue weighted by atomic mass is 19.2. The van der Waals surface area contributed by atoms with E-state index in [0.717, 1.165) is 35.0 Å². The van der Waals surface area contributed by atoms with Crippen LogP contribution in [0.2, 0.25) is 0 Å². The highest BCUT2D eigenvalue weighted by Gasteiger charge is 2.19. The largest absolute Gasteiger partial charge is 0.289 e.